The molecule has 6 heteroatoms. The van der Waals surface area contributed by atoms with E-state index in [0.717, 1.165) is 0 Å². The first-order valence-corrected chi connectivity index (χ1v) is 1.60. The fourth-order valence-corrected chi connectivity index (χ4v) is 0. The van der Waals surface area contributed by atoms with Gasteiger partial charge in [0.05, 0.1) is 0 Å². The summed E-state index contributed by atoms with van der Waals surface area (Å²) in [4.78, 5) is 0. The zero-order chi connectivity index (χ0) is 3.58. The van der Waals surface area contributed by atoms with Gasteiger partial charge >= 0.3 is 23.1 Å². The Morgan fingerprint density at radius 3 is 1.33 bits per heavy atom. The van der Waals surface area contributed by atoms with Crippen LogP contribution in [-0.2, 0) is 16.8 Å². The Morgan fingerprint density at radius 1 is 1.33 bits per heavy atom. The van der Waals surface area contributed by atoms with Gasteiger partial charge in [0, 0.05) is 0 Å². The smallest absolute Gasteiger partial charge is 2.00 e. The van der Waals surface area contributed by atoms with Crippen molar-refractivity contribution >= 4 is 34.4 Å². The van der Waals surface area contributed by atoms with Crippen molar-refractivity contribution in [2.45, 2.75) is 0 Å². The van der Waals surface area contributed by atoms with Gasteiger partial charge < -0.3 is 5.48 Å². The number of hydrogen-bond donors (Lipinski definition) is 2. The third-order valence-corrected chi connectivity index (χ3v) is 0. The molecule has 0 saturated heterocycles. The van der Waals surface area contributed by atoms with E-state index in [0.29, 0.717) is 0 Å². The van der Waals surface area contributed by atoms with Crippen molar-refractivity contribution in [2.75, 3.05) is 0 Å². The van der Waals surface area contributed by atoms with Gasteiger partial charge in [0.1, 0.15) is 0 Å². The average molecular weight is 122 g/mol. The zero-order valence-electron chi connectivity index (χ0n) is 2.83. The Balaban J connectivity index is -0.0000000450. The van der Waals surface area contributed by atoms with Crippen LogP contribution in [-0.4, -0.2) is 36.4 Å². The molecule has 0 unspecified atom stereocenters. The van der Waals surface area contributed by atoms with Crippen molar-refractivity contribution < 1.29 is 18.8 Å². The molecule has 4 nitrogen and oxygen atoms in total. The summed E-state index contributed by atoms with van der Waals surface area (Å²) in [5.41, 5.74) is 0. The minimum atomic E-state index is -2.61. The fraction of sp³-hybridized carbons (Fsp3) is 0. The first-order valence-electron chi connectivity index (χ1n) is 0.532. The summed E-state index contributed by atoms with van der Waals surface area (Å²) in [6, 6.07) is 0. The second-order valence-corrected chi connectivity index (χ2v) is 0.692. The Kier molecular flexibility index (Phi) is 24.4. The summed E-state index contributed by atoms with van der Waals surface area (Å²) < 4.78 is 22.8. The maximum atomic E-state index is 8.67. The van der Waals surface area contributed by atoms with Crippen molar-refractivity contribution in [1.82, 2.24) is 0 Å². The van der Waals surface area contributed by atoms with Gasteiger partial charge in [-0.3, -0.25) is 9.11 Å². The normalized spacial score (nSPS) is 5.83. The van der Waals surface area contributed by atoms with Crippen LogP contribution in [0.3, 0.4) is 0 Å². The number of rotatable bonds is 0. The fourth-order valence-electron chi connectivity index (χ4n) is 0. The minimum Gasteiger partial charge on any atom is -2.00 e. The van der Waals surface area contributed by atoms with Gasteiger partial charge in [-0.05, 0) is 0 Å². The molecule has 0 aromatic rings. The number of hydrogen-bond acceptors (Lipinski definition) is 1. The summed E-state index contributed by atoms with van der Waals surface area (Å²) in [5.74, 6) is 0. The van der Waals surface area contributed by atoms with Gasteiger partial charge in [-0.15, -0.1) is 0 Å². The van der Waals surface area contributed by atoms with E-state index >= 15 is 0 Å². The topological polar surface area (TPSA) is 86.0 Å². The monoisotopic (exact) mass is 122 g/mol. The van der Waals surface area contributed by atoms with Crippen LogP contribution in [0.5, 0.6) is 0 Å². The molecule has 0 heterocycles. The molecule has 0 saturated carbocycles. The zero-order valence-corrected chi connectivity index (χ0v) is 5.06. The van der Waals surface area contributed by atoms with E-state index in [4.69, 9.17) is 13.3 Å². The van der Waals surface area contributed by atoms with Gasteiger partial charge in [0.15, 0.2) is 0 Å². The van der Waals surface area contributed by atoms with Crippen molar-refractivity contribution in [2.24, 2.45) is 0 Å². The summed E-state index contributed by atoms with van der Waals surface area (Å²) in [5, 5.41) is 0. The van der Waals surface area contributed by atoms with Crippen LogP contribution in [0.1, 0.15) is 0 Å². The Labute approximate surface area is 53.5 Å². The van der Waals surface area contributed by atoms with Gasteiger partial charge in [0.2, 0.25) is 0 Å². The SMILES string of the molecule is O=S(O)O.[Mg+2].[O-2]. The molecule has 0 aromatic heterocycles. The molecule has 6 heavy (non-hydrogen) atoms. The molecule has 0 fully saturated rings. The average Bonchev–Trinajstić information content (AvgIpc) is 0.811. The molecule has 0 radical (unpaired) electrons. The molecule has 2 N–H and O–H groups in total. The van der Waals surface area contributed by atoms with E-state index in [2.05, 4.69) is 0 Å². The Bertz CT molecular complexity index is 30.5. The standard InChI is InChI=1S/Mg.H2O3S.O/c;1-4(2)3;/h;(H2,1,2,3);/q+2;;-2. The van der Waals surface area contributed by atoms with E-state index in [1.165, 1.54) is 0 Å². The first-order chi connectivity index (χ1) is 1.73. The van der Waals surface area contributed by atoms with Crippen molar-refractivity contribution in [3.63, 3.8) is 0 Å². The Morgan fingerprint density at radius 2 is 1.33 bits per heavy atom. The van der Waals surface area contributed by atoms with E-state index in [1.54, 1.807) is 0 Å². The van der Waals surface area contributed by atoms with Gasteiger partial charge in [0.25, 0.3) is 11.4 Å². The summed E-state index contributed by atoms with van der Waals surface area (Å²) in [6.07, 6.45) is 0. The van der Waals surface area contributed by atoms with Gasteiger partial charge in [-0.2, -0.15) is 4.21 Å². The van der Waals surface area contributed by atoms with Crippen LogP contribution < -0.4 is 0 Å². The molecule has 0 bridgehead atoms. The van der Waals surface area contributed by atoms with Crippen molar-refractivity contribution in [1.29, 1.82) is 0 Å². The van der Waals surface area contributed by atoms with Crippen LogP contribution in [0.4, 0.5) is 0 Å². The first kappa shape index (κ1) is 15.8. The van der Waals surface area contributed by atoms with Gasteiger partial charge in [-0.25, -0.2) is 0 Å². The summed E-state index contributed by atoms with van der Waals surface area (Å²) in [7, 11) is 0. The van der Waals surface area contributed by atoms with E-state index in [-0.39, 0.29) is 28.5 Å². The van der Waals surface area contributed by atoms with E-state index < -0.39 is 11.4 Å². The largest absolute Gasteiger partial charge is 2.00 e. The van der Waals surface area contributed by atoms with Crippen molar-refractivity contribution in [3.05, 3.63) is 0 Å². The third-order valence-electron chi connectivity index (χ3n) is 0. The predicted octanol–water partition coefficient (Wildman–Crippen LogP) is -0.819. The summed E-state index contributed by atoms with van der Waals surface area (Å²) in [6.45, 7) is 0. The molecule has 0 rings (SSSR count). The molecular weight excluding hydrogens is 120 g/mol. The molecule has 0 atom stereocenters. The Hall–Kier alpha value is 0.796. The maximum Gasteiger partial charge on any atom is 2.00 e. The maximum absolute atomic E-state index is 8.67. The third kappa shape index (κ3) is 109. The molecule has 0 amide bonds. The van der Waals surface area contributed by atoms with Crippen LogP contribution in [0.2, 0.25) is 0 Å². The van der Waals surface area contributed by atoms with Crippen LogP contribution in [0, 0.1) is 0 Å². The second kappa shape index (κ2) is 9.25. The molecule has 0 aliphatic carbocycles. The quantitative estimate of drug-likeness (QED) is 0.325. The molecular formula is H2MgO4S. The van der Waals surface area contributed by atoms with E-state index in [9.17, 15) is 0 Å². The van der Waals surface area contributed by atoms with Gasteiger partial charge in [-0.1, -0.05) is 0 Å². The molecule has 34 valence electrons. The molecule has 0 aliphatic rings. The summed E-state index contributed by atoms with van der Waals surface area (Å²) >= 11 is -2.61. The van der Waals surface area contributed by atoms with Crippen LogP contribution in [0.25, 0.3) is 0 Å². The second-order valence-electron chi connectivity index (χ2n) is 0.231. The predicted molar refractivity (Wildman–Crippen MR) is 19.8 cm³/mol. The van der Waals surface area contributed by atoms with Crippen LogP contribution >= 0.6 is 0 Å². The molecule has 0 spiro atoms. The van der Waals surface area contributed by atoms with Crippen LogP contribution in [0.15, 0.2) is 0 Å². The van der Waals surface area contributed by atoms with E-state index in [1.807, 2.05) is 0 Å². The minimum absolute atomic E-state index is 0. The molecule has 0 aliphatic heterocycles. The molecule has 0 aromatic carbocycles. The van der Waals surface area contributed by atoms with Crippen molar-refractivity contribution in [3.8, 4) is 0 Å².